The topological polar surface area (TPSA) is 69.7 Å². The van der Waals surface area contributed by atoms with Gasteiger partial charge in [-0.2, -0.15) is 0 Å². The fraction of sp³-hybridized carbons (Fsp3) is 0.190. The highest BCUT2D eigenvalue weighted by Gasteiger charge is 2.35. The van der Waals surface area contributed by atoms with Gasteiger partial charge >= 0.3 is 0 Å². The number of imide groups is 1. The Kier molecular flexibility index (Phi) is 6.16. The Morgan fingerprint density at radius 3 is 2.39 bits per heavy atom. The molecule has 3 rings (SSSR count). The van der Waals surface area contributed by atoms with Gasteiger partial charge in [-0.1, -0.05) is 30.3 Å². The van der Waals surface area contributed by atoms with E-state index in [2.05, 4.69) is 5.32 Å². The lowest BCUT2D eigenvalue weighted by molar-refractivity contribution is -0.123. The number of anilines is 2. The molecule has 6 nitrogen and oxygen atoms in total. The Balaban J connectivity index is 1.60. The maximum Gasteiger partial charge on any atom is 0.293 e. The molecule has 0 saturated carbocycles. The van der Waals surface area contributed by atoms with Crippen LogP contribution in [0.4, 0.5) is 16.2 Å². The molecule has 0 bridgehead atoms. The van der Waals surface area contributed by atoms with Crippen molar-refractivity contribution in [2.24, 2.45) is 0 Å². The van der Waals surface area contributed by atoms with Gasteiger partial charge in [0.1, 0.15) is 0 Å². The van der Waals surface area contributed by atoms with Gasteiger partial charge in [0.15, 0.2) is 0 Å². The van der Waals surface area contributed by atoms with Crippen LogP contribution in [0.3, 0.4) is 0 Å². The molecule has 1 saturated heterocycles. The van der Waals surface area contributed by atoms with Gasteiger partial charge in [-0.15, -0.1) is 0 Å². The van der Waals surface area contributed by atoms with E-state index in [4.69, 9.17) is 0 Å². The number of carbonyl (C=O) groups is 3. The Hall–Kier alpha value is -3.06. The number of para-hydroxylation sites is 1. The van der Waals surface area contributed by atoms with Gasteiger partial charge in [0.05, 0.1) is 4.91 Å². The largest absolute Gasteiger partial charge is 0.378 e. The Labute approximate surface area is 168 Å². The minimum absolute atomic E-state index is 0.0533. The first-order valence-corrected chi connectivity index (χ1v) is 9.63. The van der Waals surface area contributed by atoms with E-state index in [9.17, 15) is 14.4 Å². The van der Waals surface area contributed by atoms with Crippen LogP contribution in [-0.2, 0) is 9.59 Å². The monoisotopic (exact) mass is 395 g/mol. The number of carbonyl (C=O) groups excluding carboxylic acids is 3. The van der Waals surface area contributed by atoms with Crippen LogP contribution in [0.2, 0.25) is 0 Å². The molecule has 144 valence electrons. The summed E-state index contributed by atoms with van der Waals surface area (Å²) in [7, 11) is 3.91. The van der Waals surface area contributed by atoms with Crippen molar-refractivity contribution in [3.8, 4) is 0 Å². The third kappa shape index (κ3) is 4.80. The summed E-state index contributed by atoms with van der Waals surface area (Å²) in [5, 5.41) is 2.39. The van der Waals surface area contributed by atoms with Crippen molar-refractivity contribution >= 4 is 46.3 Å². The zero-order chi connectivity index (χ0) is 20.1. The number of benzene rings is 2. The zero-order valence-corrected chi connectivity index (χ0v) is 16.5. The maximum atomic E-state index is 12.5. The first kappa shape index (κ1) is 19.7. The van der Waals surface area contributed by atoms with Crippen molar-refractivity contribution in [2.45, 2.75) is 6.42 Å². The van der Waals surface area contributed by atoms with Crippen LogP contribution in [0.15, 0.2) is 59.5 Å². The van der Waals surface area contributed by atoms with Crippen LogP contribution in [0.1, 0.15) is 12.0 Å². The van der Waals surface area contributed by atoms with E-state index in [1.165, 1.54) is 0 Å². The Morgan fingerprint density at radius 2 is 1.75 bits per heavy atom. The molecule has 2 aromatic rings. The van der Waals surface area contributed by atoms with Gasteiger partial charge in [-0.05, 0) is 47.7 Å². The number of nitrogens with one attached hydrogen (secondary N) is 1. The van der Waals surface area contributed by atoms with E-state index in [1.54, 1.807) is 18.2 Å². The van der Waals surface area contributed by atoms with Crippen LogP contribution >= 0.6 is 11.8 Å². The normalized spacial score (nSPS) is 15.2. The number of hydrogen-bond acceptors (Lipinski definition) is 5. The van der Waals surface area contributed by atoms with Gasteiger partial charge in [-0.25, -0.2) is 0 Å². The number of thioether (sulfide) groups is 1. The molecule has 28 heavy (non-hydrogen) atoms. The van der Waals surface area contributed by atoms with Gasteiger partial charge < -0.3 is 10.2 Å². The molecule has 2 aromatic carbocycles. The summed E-state index contributed by atoms with van der Waals surface area (Å²) in [6.07, 6.45) is 1.76. The van der Waals surface area contributed by atoms with Crippen molar-refractivity contribution in [3.63, 3.8) is 0 Å². The number of hydrogen-bond donors (Lipinski definition) is 1. The summed E-state index contributed by atoms with van der Waals surface area (Å²) in [4.78, 5) is 40.3. The molecule has 0 unspecified atom stereocenters. The third-order valence-corrected chi connectivity index (χ3v) is 5.11. The first-order valence-electron chi connectivity index (χ1n) is 8.82. The summed E-state index contributed by atoms with van der Waals surface area (Å²) in [6, 6.07) is 16.8. The van der Waals surface area contributed by atoms with Crippen molar-refractivity contribution < 1.29 is 14.4 Å². The van der Waals surface area contributed by atoms with Crippen LogP contribution in [0, 0.1) is 0 Å². The number of amides is 3. The molecular weight excluding hydrogens is 374 g/mol. The molecule has 0 radical (unpaired) electrons. The van der Waals surface area contributed by atoms with Crippen molar-refractivity contribution in [1.29, 1.82) is 0 Å². The molecule has 0 atom stereocenters. The minimum Gasteiger partial charge on any atom is -0.378 e. The van der Waals surface area contributed by atoms with E-state index >= 15 is 0 Å². The molecule has 1 N–H and O–H groups in total. The molecule has 0 aliphatic carbocycles. The van der Waals surface area contributed by atoms with Crippen molar-refractivity contribution in [1.82, 2.24) is 4.90 Å². The third-order valence-electron chi connectivity index (χ3n) is 4.20. The lowest BCUT2D eigenvalue weighted by atomic mass is 10.2. The zero-order valence-electron chi connectivity index (χ0n) is 15.7. The highest BCUT2D eigenvalue weighted by atomic mass is 32.2. The van der Waals surface area contributed by atoms with E-state index in [0.717, 1.165) is 27.9 Å². The molecule has 1 aliphatic rings. The summed E-state index contributed by atoms with van der Waals surface area (Å²) >= 11 is 0.899. The minimum atomic E-state index is -0.362. The molecule has 3 amide bonds. The second kappa shape index (κ2) is 8.75. The molecular formula is C21H21N3O3S. The summed E-state index contributed by atoms with van der Waals surface area (Å²) in [5.74, 6) is -0.604. The summed E-state index contributed by atoms with van der Waals surface area (Å²) in [6.45, 7) is 0.0558. The van der Waals surface area contributed by atoms with E-state index in [0.29, 0.717) is 10.6 Å². The summed E-state index contributed by atoms with van der Waals surface area (Å²) < 4.78 is 0. The lowest BCUT2D eigenvalue weighted by Crippen LogP contribution is -2.31. The maximum absolute atomic E-state index is 12.5. The lowest BCUT2D eigenvalue weighted by Gasteiger charge is -2.12. The van der Waals surface area contributed by atoms with E-state index < -0.39 is 0 Å². The Bertz CT molecular complexity index is 908. The number of nitrogens with zero attached hydrogens (tertiary/aromatic N) is 2. The van der Waals surface area contributed by atoms with Crippen LogP contribution in [-0.4, -0.2) is 42.6 Å². The molecule has 7 heteroatoms. The average molecular weight is 395 g/mol. The SMILES string of the molecule is CN(C)c1ccc(C=C2SC(=O)N(CCC(=O)Nc3ccccc3)C2=O)cc1. The predicted octanol–water partition coefficient (Wildman–Crippen LogP) is 3.82. The predicted molar refractivity (Wildman–Crippen MR) is 113 cm³/mol. The molecule has 1 fully saturated rings. The van der Waals surface area contributed by atoms with Gasteiger partial charge in [0.25, 0.3) is 11.1 Å². The molecule has 0 spiro atoms. The fourth-order valence-electron chi connectivity index (χ4n) is 2.67. The second-order valence-corrected chi connectivity index (χ2v) is 7.48. The van der Waals surface area contributed by atoms with Crippen molar-refractivity contribution in [3.05, 3.63) is 65.1 Å². The van der Waals surface area contributed by atoms with E-state index in [1.807, 2.05) is 61.5 Å². The van der Waals surface area contributed by atoms with E-state index in [-0.39, 0.29) is 30.0 Å². The molecule has 1 aliphatic heterocycles. The van der Waals surface area contributed by atoms with Gasteiger partial charge in [0, 0.05) is 38.4 Å². The second-order valence-electron chi connectivity index (χ2n) is 6.48. The van der Waals surface area contributed by atoms with Crippen LogP contribution in [0.5, 0.6) is 0 Å². The Morgan fingerprint density at radius 1 is 1.07 bits per heavy atom. The van der Waals surface area contributed by atoms with Gasteiger partial charge in [-0.3, -0.25) is 19.3 Å². The van der Waals surface area contributed by atoms with Crippen LogP contribution < -0.4 is 10.2 Å². The number of rotatable bonds is 6. The average Bonchev–Trinajstić information content (AvgIpc) is 2.94. The van der Waals surface area contributed by atoms with Crippen molar-refractivity contribution in [2.75, 3.05) is 30.9 Å². The standard InChI is InChI=1S/C21H21N3O3S/c1-23(2)17-10-8-15(9-11-17)14-18-20(26)24(21(27)28-18)13-12-19(25)22-16-6-4-3-5-7-16/h3-11,14H,12-13H2,1-2H3,(H,22,25). The van der Waals surface area contributed by atoms with Gasteiger partial charge in [0.2, 0.25) is 5.91 Å². The highest BCUT2D eigenvalue weighted by molar-refractivity contribution is 8.18. The molecule has 1 heterocycles. The molecule has 0 aromatic heterocycles. The fourth-order valence-corrected chi connectivity index (χ4v) is 3.54. The summed E-state index contributed by atoms with van der Waals surface area (Å²) in [5.41, 5.74) is 2.58. The highest BCUT2D eigenvalue weighted by Crippen LogP contribution is 2.32. The quantitative estimate of drug-likeness (QED) is 0.753. The first-order chi connectivity index (χ1) is 13.4. The van der Waals surface area contributed by atoms with Crippen LogP contribution in [0.25, 0.3) is 6.08 Å². The smallest absolute Gasteiger partial charge is 0.293 e.